The Hall–Kier alpha value is -1.34. The molecule has 1 amide bonds. The summed E-state index contributed by atoms with van der Waals surface area (Å²) in [6.07, 6.45) is 0. The van der Waals surface area contributed by atoms with Crippen LogP contribution in [0.2, 0.25) is 5.02 Å². The van der Waals surface area contributed by atoms with E-state index in [1.54, 1.807) is 0 Å². The van der Waals surface area contributed by atoms with Gasteiger partial charge < -0.3 is 15.0 Å². The van der Waals surface area contributed by atoms with Crippen molar-refractivity contribution in [2.45, 2.75) is 12.6 Å². The van der Waals surface area contributed by atoms with Crippen LogP contribution in [0.15, 0.2) is 48.5 Å². The maximum absolute atomic E-state index is 13.4. The lowest BCUT2D eigenvalue weighted by Crippen LogP contribution is -2.48. The number of benzene rings is 2. The summed E-state index contributed by atoms with van der Waals surface area (Å²) in [6, 6.07) is 15.8. The predicted molar refractivity (Wildman–Crippen MR) is 125 cm³/mol. The first kappa shape index (κ1) is 24.9. The Bertz CT molecular complexity index is 831. The minimum Gasteiger partial charge on any atom is -0.379 e. The molecule has 164 valence electrons. The Morgan fingerprint density at radius 3 is 2.60 bits per heavy atom. The van der Waals surface area contributed by atoms with Crippen molar-refractivity contribution in [1.29, 1.82) is 0 Å². The molecule has 2 saturated heterocycles. The Labute approximate surface area is 195 Å². The SMILES string of the molecule is Cl.Cl.O=C(c1cccc(CN2CCOCC2)c1)N1CCNCC1c1ccccc1Cl. The minimum atomic E-state index is -0.0575. The summed E-state index contributed by atoms with van der Waals surface area (Å²) in [5.41, 5.74) is 2.90. The zero-order valence-corrected chi connectivity index (χ0v) is 19.1. The fourth-order valence-electron chi connectivity index (χ4n) is 3.96. The van der Waals surface area contributed by atoms with Gasteiger partial charge in [0, 0.05) is 49.9 Å². The number of amides is 1. The fourth-order valence-corrected chi connectivity index (χ4v) is 4.22. The van der Waals surface area contributed by atoms with Gasteiger partial charge in [0.05, 0.1) is 19.3 Å². The third-order valence-corrected chi connectivity index (χ3v) is 5.80. The standard InChI is InChI=1S/C22H26ClN3O2.2ClH/c23-20-7-2-1-6-19(20)21-15-24-8-9-26(21)22(27)18-5-3-4-17(14-18)16-25-10-12-28-13-11-25;;/h1-7,14,21,24H,8-13,15-16H2;2*1H. The lowest BCUT2D eigenvalue weighted by Gasteiger charge is -2.37. The molecule has 0 aliphatic carbocycles. The van der Waals surface area contributed by atoms with Crippen molar-refractivity contribution in [2.24, 2.45) is 0 Å². The molecule has 2 aliphatic heterocycles. The normalized spacial score (nSPS) is 19.5. The van der Waals surface area contributed by atoms with Crippen LogP contribution in [0.5, 0.6) is 0 Å². The average molecular weight is 473 g/mol. The van der Waals surface area contributed by atoms with E-state index in [1.165, 1.54) is 0 Å². The number of nitrogens with zero attached hydrogens (tertiary/aromatic N) is 2. The zero-order chi connectivity index (χ0) is 19.3. The van der Waals surface area contributed by atoms with E-state index in [2.05, 4.69) is 16.3 Å². The largest absolute Gasteiger partial charge is 0.379 e. The van der Waals surface area contributed by atoms with Crippen LogP contribution in [0.25, 0.3) is 0 Å². The average Bonchev–Trinajstić information content (AvgIpc) is 2.75. The summed E-state index contributed by atoms with van der Waals surface area (Å²) in [4.78, 5) is 17.7. The molecule has 2 aromatic carbocycles. The maximum Gasteiger partial charge on any atom is 0.254 e. The van der Waals surface area contributed by atoms with Gasteiger partial charge in [0.1, 0.15) is 0 Å². The Kier molecular flexibility index (Phi) is 9.88. The highest BCUT2D eigenvalue weighted by Gasteiger charge is 2.30. The quantitative estimate of drug-likeness (QED) is 0.735. The number of nitrogens with one attached hydrogen (secondary N) is 1. The molecule has 4 rings (SSSR count). The number of rotatable bonds is 4. The zero-order valence-electron chi connectivity index (χ0n) is 16.8. The van der Waals surface area contributed by atoms with Crippen molar-refractivity contribution in [1.82, 2.24) is 15.1 Å². The Balaban J connectivity index is 0.00000160. The number of morpholine rings is 1. The van der Waals surface area contributed by atoms with Crippen LogP contribution in [0.4, 0.5) is 0 Å². The third-order valence-electron chi connectivity index (χ3n) is 5.45. The van der Waals surface area contributed by atoms with Crippen molar-refractivity contribution in [2.75, 3.05) is 45.9 Å². The first-order valence-corrected chi connectivity index (χ1v) is 10.3. The highest BCUT2D eigenvalue weighted by molar-refractivity contribution is 6.31. The molecule has 2 aliphatic rings. The number of carbonyl (C=O) groups excluding carboxylic acids is 1. The van der Waals surface area contributed by atoms with Gasteiger partial charge in [-0.25, -0.2) is 0 Å². The van der Waals surface area contributed by atoms with Crippen molar-refractivity contribution in [3.8, 4) is 0 Å². The fraction of sp³-hybridized carbons (Fsp3) is 0.409. The number of carbonyl (C=O) groups is 1. The van der Waals surface area contributed by atoms with Gasteiger partial charge in [-0.1, -0.05) is 41.9 Å². The summed E-state index contributed by atoms with van der Waals surface area (Å²) in [5, 5.41) is 4.10. The van der Waals surface area contributed by atoms with Crippen LogP contribution >= 0.6 is 36.4 Å². The maximum atomic E-state index is 13.4. The molecule has 1 atom stereocenters. The van der Waals surface area contributed by atoms with E-state index in [1.807, 2.05) is 47.4 Å². The second kappa shape index (κ2) is 11.9. The van der Waals surface area contributed by atoms with Gasteiger partial charge in [0.2, 0.25) is 0 Å². The minimum absolute atomic E-state index is 0. The Morgan fingerprint density at radius 2 is 1.83 bits per heavy atom. The number of hydrogen-bond donors (Lipinski definition) is 1. The molecule has 2 fully saturated rings. The first-order valence-electron chi connectivity index (χ1n) is 9.87. The van der Waals surface area contributed by atoms with Crippen LogP contribution in [0, 0.1) is 0 Å². The van der Waals surface area contributed by atoms with E-state index >= 15 is 0 Å². The molecule has 0 bridgehead atoms. The van der Waals surface area contributed by atoms with Crippen LogP contribution in [-0.2, 0) is 11.3 Å². The summed E-state index contributed by atoms with van der Waals surface area (Å²) >= 11 is 6.43. The molecule has 8 heteroatoms. The molecule has 5 nitrogen and oxygen atoms in total. The molecule has 30 heavy (non-hydrogen) atoms. The van der Waals surface area contributed by atoms with Crippen molar-refractivity contribution < 1.29 is 9.53 Å². The first-order chi connectivity index (χ1) is 13.7. The summed E-state index contributed by atoms with van der Waals surface area (Å²) in [5.74, 6) is 0.0650. The van der Waals surface area contributed by atoms with Gasteiger partial charge in [-0.3, -0.25) is 9.69 Å². The molecule has 2 heterocycles. The van der Waals surface area contributed by atoms with E-state index in [4.69, 9.17) is 16.3 Å². The highest BCUT2D eigenvalue weighted by Crippen LogP contribution is 2.29. The van der Waals surface area contributed by atoms with Gasteiger partial charge in [0.15, 0.2) is 0 Å². The third kappa shape index (κ3) is 5.88. The van der Waals surface area contributed by atoms with Crippen LogP contribution in [0.3, 0.4) is 0 Å². The van der Waals surface area contributed by atoms with Gasteiger partial charge in [-0.05, 0) is 29.3 Å². The predicted octanol–water partition coefficient (Wildman–Crippen LogP) is 3.80. The monoisotopic (exact) mass is 471 g/mol. The van der Waals surface area contributed by atoms with Gasteiger partial charge in [-0.15, -0.1) is 24.8 Å². The van der Waals surface area contributed by atoms with Crippen LogP contribution in [-0.4, -0.2) is 61.6 Å². The molecule has 0 saturated carbocycles. The molecule has 0 radical (unpaired) electrons. The van der Waals surface area contributed by atoms with Crippen molar-refractivity contribution in [3.05, 3.63) is 70.2 Å². The van der Waals surface area contributed by atoms with Crippen molar-refractivity contribution in [3.63, 3.8) is 0 Å². The lowest BCUT2D eigenvalue weighted by atomic mass is 10.0. The summed E-state index contributed by atoms with van der Waals surface area (Å²) in [7, 11) is 0. The smallest absolute Gasteiger partial charge is 0.254 e. The van der Waals surface area contributed by atoms with Gasteiger partial charge in [0.25, 0.3) is 5.91 Å². The van der Waals surface area contributed by atoms with Gasteiger partial charge in [-0.2, -0.15) is 0 Å². The molecule has 0 aromatic heterocycles. The highest BCUT2D eigenvalue weighted by atomic mass is 35.5. The van der Waals surface area contributed by atoms with Crippen LogP contribution in [0.1, 0.15) is 27.5 Å². The molecular formula is C22H28Cl3N3O2. The summed E-state index contributed by atoms with van der Waals surface area (Å²) < 4.78 is 5.42. The van der Waals surface area contributed by atoms with E-state index in [9.17, 15) is 4.79 Å². The molecule has 2 aromatic rings. The topological polar surface area (TPSA) is 44.8 Å². The lowest BCUT2D eigenvalue weighted by molar-refractivity contribution is 0.0341. The summed E-state index contributed by atoms with van der Waals surface area (Å²) in [6.45, 7) is 6.44. The molecule has 1 N–H and O–H groups in total. The van der Waals surface area contributed by atoms with E-state index in [0.717, 1.165) is 56.1 Å². The van der Waals surface area contributed by atoms with E-state index in [-0.39, 0.29) is 36.8 Å². The number of ether oxygens (including phenoxy) is 1. The Morgan fingerprint density at radius 1 is 1.07 bits per heavy atom. The second-order valence-corrected chi connectivity index (χ2v) is 7.74. The van der Waals surface area contributed by atoms with Crippen LogP contribution < -0.4 is 5.32 Å². The molecule has 0 spiro atoms. The number of halogens is 3. The van der Waals surface area contributed by atoms with E-state index < -0.39 is 0 Å². The second-order valence-electron chi connectivity index (χ2n) is 7.33. The number of hydrogen-bond acceptors (Lipinski definition) is 4. The molecular weight excluding hydrogens is 445 g/mol. The van der Waals surface area contributed by atoms with Gasteiger partial charge >= 0.3 is 0 Å². The van der Waals surface area contributed by atoms with E-state index in [0.29, 0.717) is 18.1 Å². The number of piperazine rings is 1. The molecule has 1 unspecified atom stereocenters. The van der Waals surface area contributed by atoms with Crippen molar-refractivity contribution >= 4 is 42.3 Å².